The molecule has 17 heavy (non-hydrogen) atoms. The van der Waals surface area contributed by atoms with Crippen molar-refractivity contribution >= 4 is 5.78 Å². The molecule has 0 amide bonds. The third-order valence-corrected chi connectivity index (χ3v) is 2.33. The maximum atomic E-state index is 13.4. The Morgan fingerprint density at radius 2 is 1.94 bits per heavy atom. The molecule has 86 valence electrons. The van der Waals surface area contributed by atoms with Crippen LogP contribution in [0.3, 0.4) is 0 Å². The number of hydrogen-bond donors (Lipinski definition) is 0. The van der Waals surface area contributed by atoms with Gasteiger partial charge in [0.05, 0.1) is 5.56 Å². The molecule has 2 aromatic rings. The molecule has 0 unspecified atom stereocenters. The lowest BCUT2D eigenvalue weighted by Crippen LogP contribution is -2.05. The molecule has 0 fully saturated rings. The summed E-state index contributed by atoms with van der Waals surface area (Å²) in [5.74, 6) is -1.92. The van der Waals surface area contributed by atoms with Gasteiger partial charge in [-0.3, -0.25) is 9.78 Å². The number of aryl methyl sites for hydroxylation is 1. The Balaban J connectivity index is 2.47. The summed E-state index contributed by atoms with van der Waals surface area (Å²) in [6.45, 7) is 1.72. The van der Waals surface area contributed by atoms with E-state index in [9.17, 15) is 13.6 Å². The van der Waals surface area contributed by atoms with E-state index in [1.165, 1.54) is 18.3 Å². The van der Waals surface area contributed by atoms with Crippen molar-refractivity contribution in [2.75, 3.05) is 0 Å². The summed E-state index contributed by atoms with van der Waals surface area (Å²) in [7, 11) is 0. The van der Waals surface area contributed by atoms with Gasteiger partial charge in [0.1, 0.15) is 11.6 Å². The minimum atomic E-state index is -0.731. The molecule has 2 rings (SSSR count). The summed E-state index contributed by atoms with van der Waals surface area (Å²) in [5, 5.41) is 0. The van der Waals surface area contributed by atoms with E-state index >= 15 is 0 Å². The fourth-order valence-corrected chi connectivity index (χ4v) is 1.51. The van der Waals surface area contributed by atoms with Crippen LogP contribution in [0.1, 0.15) is 21.6 Å². The first-order valence-electron chi connectivity index (χ1n) is 5.00. The van der Waals surface area contributed by atoms with Crippen LogP contribution in [-0.2, 0) is 0 Å². The molecule has 4 heteroatoms. The fourth-order valence-electron chi connectivity index (χ4n) is 1.51. The number of hydrogen-bond acceptors (Lipinski definition) is 2. The number of ketones is 1. The fraction of sp³-hybridized carbons (Fsp3) is 0.0769. The standard InChI is InChI=1S/C13H9F2NO/c1-8-6-9(4-5-16-8)13(17)11-7-10(14)2-3-12(11)15/h2-7H,1H3. The van der Waals surface area contributed by atoms with Crippen molar-refractivity contribution in [2.45, 2.75) is 6.92 Å². The highest BCUT2D eigenvalue weighted by Crippen LogP contribution is 2.15. The van der Waals surface area contributed by atoms with Gasteiger partial charge in [-0.25, -0.2) is 8.78 Å². The summed E-state index contributed by atoms with van der Waals surface area (Å²) in [4.78, 5) is 15.9. The van der Waals surface area contributed by atoms with Crippen molar-refractivity contribution in [2.24, 2.45) is 0 Å². The molecule has 1 aromatic carbocycles. The molecule has 1 heterocycles. The first-order chi connectivity index (χ1) is 8.08. The highest BCUT2D eigenvalue weighted by Gasteiger charge is 2.15. The second-order valence-electron chi connectivity index (χ2n) is 3.64. The predicted molar refractivity (Wildman–Crippen MR) is 58.8 cm³/mol. The van der Waals surface area contributed by atoms with Crippen molar-refractivity contribution in [3.05, 3.63) is 65.0 Å². The summed E-state index contributed by atoms with van der Waals surface area (Å²) in [5.41, 5.74) is 0.672. The topological polar surface area (TPSA) is 30.0 Å². The van der Waals surface area contributed by atoms with Crippen molar-refractivity contribution in [3.63, 3.8) is 0 Å². The number of halogens is 2. The molecule has 0 saturated heterocycles. The minimum Gasteiger partial charge on any atom is -0.288 e. The first kappa shape index (κ1) is 11.4. The molecule has 0 spiro atoms. The molecule has 0 radical (unpaired) electrons. The quantitative estimate of drug-likeness (QED) is 0.746. The van der Waals surface area contributed by atoms with Gasteiger partial charge in [-0.05, 0) is 37.3 Å². The van der Waals surface area contributed by atoms with Crippen molar-refractivity contribution < 1.29 is 13.6 Å². The third kappa shape index (κ3) is 2.36. The summed E-state index contributed by atoms with van der Waals surface area (Å²) >= 11 is 0. The number of pyridine rings is 1. The number of aromatic nitrogens is 1. The van der Waals surface area contributed by atoms with Crippen LogP contribution < -0.4 is 0 Å². The Labute approximate surface area is 96.9 Å². The molecular weight excluding hydrogens is 224 g/mol. The molecule has 0 saturated carbocycles. The lowest BCUT2D eigenvalue weighted by Gasteiger charge is -2.03. The second-order valence-corrected chi connectivity index (χ2v) is 3.64. The Morgan fingerprint density at radius 3 is 2.65 bits per heavy atom. The monoisotopic (exact) mass is 233 g/mol. The van der Waals surface area contributed by atoms with Gasteiger partial charge in [0, 0.05) is 17.5 Å². The van der Waals surface area contributed by atoms with E-state index < -0.39 is 17.4 Å². The lowest BCUT2D eigenvalue weighted by molar-refractivity contribution is 0.103. The van der Waals surface area contributed by atoms with Crippen LogP contribution in [0.15, 0.2) is 36.5 Å². The molecular formula is C13H9F2NO. The largest absolute Gasteiger partial charge is 0.288 e. The van der Waals surface area contributed by atoms with Crippen LogP contribution in [0.2, 0.25) is 0 Å². The Kier molecular flexibility index (Phi) is 2.95. The molecule has 2 nitrogen and oxygen atoms in total. The van der Waals surface area contributed by atoms with Gasteiger partial charge in [0.2, 0.25) is 0 Å². The SMILES string of the molecule is Cc1cc(C(=O)c2cc(F)ccc2F)ccn1. The highest BCUT2D eigenvalue weighted by atomic mass is 19.1. The summed E-state index contributed by atoms with van der Waals surface area (Å²) in [6, 6.07) is 5.82. The van der Waals surface area contributed by atoms with E-state index in [1.807, 2.05) is 0 Å². The van der Waals surface area contributed by atoms with E-state index in [-0.39, 0.29) is 5.56 Å². The maximum absolute atomic E-state index is 13.4. The number of carbonyl (C=O) groups is 1. The zero-order chi connectivity index (χ0) is 12.4. The number of benzene rings is 1. The van der Waals surface area contributed by atoms with Gasteiger partial charge in [-0.15, -0.1) is 0 Å². The molecule has 0 aliphatic heterocycles. The number of carbonyl (C=O) groups excluding carboxylic acids is 1. The average molecular weight is 233 g/mol. The summed E-state index contributed by atoms with van der Waals surface area (Å²) < 4.78 is 26.4. The highest BCUT2D eigenvalue weighted by molar-refractivity contribution is 6.09. The average Bonchev–Trinajstić information content (AvgIpc) is 2.31. The molecule has 0 N–H and O–H groups in total. The van der Waals surface area contributed by atoms with E-state index in [4.69, 9.17) is 0 Å². The Bertz CT molecular complexity index is 581. The van der Waals surface area contributed by atoms with E-state index in [2.05, 4.69) is 4.98 Å². The Hall–Kier alpha value is -2.10. The van der Waals surface area contributed by atoms with E-state index in [1.54, 1.807) is 6.92 Å². The van der Waals surface area contributed by atoms with Crippen molar-refractivity contribution in [1.82, 2.24) is 4.98 Å². The molecule has 0 aliphatic rings. The lowest BCUT2D eigenvalue weighted by atomic mass is 10.0. The summed E-state index contributed by atoms with van der Waals surface area (Å²) in [6.07, 6.45) is 1.46. The van der Waals surface area contributed by atoms with Gasteiger partial charge in [0.25, 0.3) is 0 Å². The normalized spacial score (nSPS) is 10.3. The van der Waals surface area contributed by atoms with Gasteiger partial charge in [0.15, 0.2) is 5.78 Å². The van der Waals surface area contributed by atoms with E-state index in [0.29, 0.717) is 11.3 Å². The van der Waals surface area contributed by atoms with Crippen LogP contribution in [-0.4, -0.2) is 10.8 Å². The maximum Gasteiger partial charge on any atom is 0.196 e. The van der Waals surface area contributed by atoms with Crippen molar-refractivity contribution in [3.8, 4) is 0 Å². The van der Waals surface area contributed by atoms with Crippen LogP contribution in [0.25, 0.3) is 0 Å². The molecule has 0 aliphatic carbocycles. The molecule has 1 aromatic heterocycles. The van der Waals surface area contributed by atoms with Gasteiger partial charge in [-0.2, -0.15) is 0 Å². The van der Waals surface area contributed by atoms with Crippen LogP contribution in [0, 0.1) is 18.6 Å². The van der Waals surface area contributed by atoms with Crippen LogP contribution in [0.4, 0.5) is 8.78 Å². The van der Waals surface area contributed by atoms with E-state index in [0.717, 1.165) is 18.2 Å². The van der Waals surface area contributed by atoms with Crippen LogP contribution >= 0.6 is 0 Å². The smallest absolute Gasteiger partial charge is 0.196 e. The Morgan fingerprint density at radius 1 is 1.18 bits per heavy atom. The van der Waals surface area contributed by atoms with Crippen molar-refractivity contribution in [1.29, 1.82) is 0 Å². The zero-order valence-electron chi connectivity index (χ0n) is 9.08. The molecule has 0 bridgehead atoms. The molecule has 0 atom stereocenters. The zero-order valence-corrected chi connectivity index (χ0v) is 9.08. The number of nitrogens with zero attached hydrogens (tertiary/aromatic N) is 1. The minimum absolute atomic E-state index is 0.268. The van der Waals surface area contributed by atoms with Gasteiger partial charge < -0.3 is 0 Å². The van der Waals surface area contributed by atoms with Crippen LogP contribution in [0.5, 0.6) is 0 Å². The first-order valence-corrected chi connectivity index (χ1v) is 5.00. The number of rotatable bonds is 2. The second kappa shape index (κ2) is 4.41. The third-order valence-electron chi connectivity index (χ3n) is 2.33. The predicted octanol–water partition coefficient (Wildman–Crippen LogP) is 2.90. The van der Waals surface area contributed by atoms with Gasteiger partial charge >= 0.3 is 0 Å². The van der Waals surface area contributed by atoms with Gasteiger partial charge in [-0.1, -0.05) is 0 Å².